The Morgan fingerprint density at radius 2 is 1.49 bits per heavy atom. The number of aliphatic carboxylic acids is 1. The van der Waals surface area contributed by atoms with Gasteiger partial charge in [-0.05, 0) is 40.7 Å². The lowest BCUT2D eigenvalue weighted by Crippen LogP contribution is -2.24. The summed E-state index contributed by atoms with van der Waals surface area (Å²) in [4.78, 5) is 33.6. The Hall–Kier alpha value is -4.13. The summed E-state index contributed by atoms with van der Waals surface area (Å²) in [6.45, 7) is 4.52. The Morgan fingerprint density at radius 1 is 0.886 bits per heavy atom. The van der Waals surface area contributed by atoms with E-state index in [1.807, 2.05) is 80.6 Å². The van der Waals surface area contributed by atoms with Gasteiger partial charge >= 0.3 is 12.1 Å². The smallest absolute Gasteiger partial charge is 0.407 e. The highest BCUT2D eigenvalue weighted by atomic mass is 16.5. The number of benzene rings is 3. The highest BCUT2D eigenvalue weighted by Crippen LogP contribution is 2.27. The minimum atomic E-state index is -0.696. The van der Waals surface area contributed by atoms with Crippen LogP contribution in [0.5, 0.6) is 0 Å². The van der Waals surface area contributed by atoms with Gasteiger partial charge in [-0.3, -0.25) is 9.59 Å². The summed E-state index contributed by atoms with van der Waals surface area (Å²) in [5.41, 5.74) is 9.29. The quantitative estimate of drug-likeness (QED) is 0.383. The number of carbonyl (C=O) groups is 3. The molecule has 0 radical (unpaired) electrons. The van der Waals surface area contributed by atoms with Gasteiger partial charge in [-0.15, -0.1) is 0 Å². The standard InChI is InChI=1S/C22H20N2O3.C6H12O2/c23-21(25)20-13-7-6-12-19(20)18-11-5-4-10-17(18)14-24-22(26)27-15-16-8-2-1-3-9-16;1-5(2)3-4-6(7)8/h1-13H,14-15H2,(H2,23,25)(H,24,26);5H,3-4H2,1-2H3,(H,7,8). The molecule has 7 nitrogen and oxygen atoms in total. The molecule has 0 saturated heterocycles. The van der Waals surface area contributed by atoms with Crippen LogP contribution in [0.25, 0.3) is 11.1 Å². The van der Waals surface area contributed by atoms with Crippen molar-refractivity contribution in [2.24, 2.45) is 11.7 Å². The van der Waals surface area contributed by atoms with E-state index in [1.165, 1.54) is 0 Å². The SMILES string of the molecule is CC(C)CCC(=O)O.NC(=O)c1ccccc1-c1ccccc1CNC(=O)OCc1ccccc1. The van der Waals surface area contributed by atoms with Gasteiger partial charge in [0.1, 0.15) is 6.61 Å². The maximum Gasteiger partial charge on any atom is 0.407 e. The number of alkyl carbamates (subject to hydrolysis) is 1. The maximum absolute atomic E-state index is 12.0. The largest absolute Gasteiger partial charge is 0.481 e. The summed E-state index contributed by atoms with van der Waals surface area (Å²) in [6.07, 6.45) is 0.587. The summed E-state index contributed by atoms with van der Waals surface area (Å²) in [6, 6.07) is 24.2. The number of carboxylic acids is 1. The zero-order valence-electron chi connectivity index (χ0n) is 20.1. The Kier molecular flexibility index (Phi) is 11.0. The van der Waals surface area contributed by atoms with Gasteiger partial charge in [0, 0.05) is 18.5 Å². The third kappa shape index (κ3) is 9.71. The van der Waals surface area contributed by atoms with E-state index in [-0.39, 0.29) is 13.2 Å². The molecule has 2 amide bonds. The van der Waals surface area contributed by atoms with Crippen LogP contribution in [0.3, 0.4) is 0 Å². The Morgan fingerprint density at radius 3 is 2.09 bits per heavy atom. The molecule has 0 saturated carbocycles. The van der Waals surface area contributed by atoms with Gasteiger partial charge < -0.3 is 20.9 Å². The summed E-state index contributed by atoms with van der Waals surface area (Å²) in [5, 5.41) is 10.9. The molecule has 0 aromatic heterocycles. The first-order valence-corrected chi connectivity index (χ1v) is 11.4. The molecular formula is C28H32N2O5. The predicted octanol–water partition coefficient (Wildman–Crippen LogP) is 5.39. The van der Waals surface area contributed by atoms with Crippen LogP contribution in [0.4, 0.5) is 4.79 Å². The molecule has 184 valence electrons. The number of nitrogens with two attached hydrogens (primary N) is 1. The van der Waals surface area contributed by atoms with E-state index in [1.54, 1.807) is 12.1 Å². The van der Waals surface area contributed by atoms with E-state index in [4.69, 9.17) is 15.6 Å². The number of primary amides is 1. The fourth-order valence-corrected chi connectivity index (χ4v) is 3.22. The fourth-order valence-electron chi connectivity index (χ4n) is 3.22. The van der Waals surface area contributed by atoms with Crippen LogP contribution >= 0.6 is 0 Å². The number of carboxylic acid groups (broad SMARTS) is 1. The Balaban J connectivity index is 0.000000466. The van der Waals surface area contributed by atoms with Crippen LogP contribution in [0.15, 0.2) is 78.9 Å². The number of ether oxygens (including phenoxy) is 1. The van der Waals surface area contributed by atoms with E-state index in [0.29, 0.717) is 17.9 Å². The lowest BCUT2D eigenvalue weighted by atomic mass is 9.95. The second kappa shape index (κ2) is 14.2. The van der Waals surface area contributed by atoms with Crippen molar-refractivity contribution in [1.29, 1.82) is 0 Å². The third-order valence-corrected chi connectivity index (χ3v) is 5.07. The van der Waals surface area contributed by atoms with Crippen LogP contribution in [-0.2, 0) is 22.7 Å². The van der Waals surface area contributed by atoms with Gasteiger partial charge in [-0.1, -0.05) is 86.6 Å². The second-order valence-electron chi connectivity index (χ2n) is 8.31. The van der Waals surface area contributed by atoms with Crippen molar-refractivity contribution in [3.8, 4) is 11.1 Å². The van der Waals surface area contributed by atoms with Crippen molar-refractivity contribution in [1.82, 2.24) is 5.32 Å². The molecule has 0 aliphatic rings. The van der Waals surface area contributed by atoms with Crippen molar-refractivity contribution in [3.63, 3.8) is 0 Å². The summed E-state index contributed by atoms with van der Waals surface area (Å²) < 4.78 is 5.23. The van der Waals surface area contributed by atoms with E-state index in [2.05, 4.69) is 5.32 Å². The van der Waals surface area contributed by atoms with E-state index in [9.17, 15) is 14.4 Å². The number of amides is 2. The van der Waals surface area contributed by atoms with Crippen molar-refractivity contribution >= 4 is 18.0 Å². The number of hydrogen-bond acceptors (Lipinski definition) is 4. The van der Waals surface area contributed by atoms with Gasteiger partial charge in [0.15, 0.2) is 0 Å². The van der Waals surface area contributed by atoms with Crippen LogP contribution in [0.2, 0.25) is 0 Å². The predicted molar refractivity (Wildman–Crippen MR) is 136 cm³/mol. The Labute approximate surface area is 205 Å². The van der Waals surface area contributed by atoms with Crippen molar-refractivity contribution in [3.05, 3.63) is 95.6 Å². The third-order valence-electron chi connectivity index (χ3n) is 5.07. The molecule has 0 atom stereocenters. The molecule has 0 bridgehead atoms. The molecule has 0 unspecified atom stereocenters. The lowest BCUT2D eigenvalue weighted by molar-refractivity contribution is -0.137. The summed E-state index contributed by atoms with van der Waals surface area (Å²) in [7, 11) is 0. The average Bonchev–Trinajstić information content (AvgIpc) is 2.86. The molecule has 7 heteroatoms. The van der Waals surface area contributed by atoms with Crippen LogP contribution in [-0.4, -0.2) is 23.1 Å². The van der Waals surface area contributed by atoms with E-state index >= 15 is 0 Å². The van der Waals surface area contributed by atoms with Gasteiger partial charge in [-0.25, -0.2) is 4.79 Å². The molecule has 35 heavy (non-hydrogen) atoms. The molecular weight excluding hydrogens is 444 g/mol. The van der Waals surface area contributed by atoms with E-state index in [0.717, 1.165) is 28.7 Å². The minimum absolute atomic E-state index is 0.207. The van der Waals surface area contributed by atoms with Gasteiger partial charge in [0.05, 0.1) is 0 Å². The molecule has 0 heterocycles. The number of hydrogen-bond donors (Lipinski definition) is 3. The lowest BCUT2D eigenvalue weighted by Gasteiger charge is -2.13. The second-order valence-corrected chi connectivity index (χ2v) is 8.31. The number of rotatable bonds is 9. The first-order chi connectivity index (χ1) is 16.8. The molecule has 3 aromatic carbocycles. The summed E-state index contributed by atoms with van der Waals surface area (Å²) >= 11 is 0. The van der Waals surface area contributed by atoms with Crippen molar-refractivity contribution < 1.29 is 24.2 Å². The maximum atomic E-state index is 12.0. The number of nitrogens with one attached hydrogen (secondary N) is 1. The van der Waals surface area contributed by atoms with Crippen LogP contribution < -0.4 is 11.1 Å². The van der Waals surface area contributed by atoms with Gasteiger partial charge in [0.25, 0.3) is 0 Å². The monoisotopic (exact) mass is 476 g/mol. The first-order valence-electron chi connectivity index (χ1n) is 11.4. The van der Waals surface area contributed by atoms with E-state index < -0.39 is 18.0 Å². The minimum Gasteiger partial charge on any atom is -0.481 e. The zero-order chi connectivity index (χ0) is 25.6. The highest BCUT2D eigenvalue weighted by molar-refractivity contribution is 6.00. The van der Waals surface area contributed by atoms with Crippen LogP contribution in [0.1, 0.15) is 48.2 Å². The molecule has 0 aliphatic heterocycles. The van der Waals surface area contributed by atoms with Crippen LogP contribution in [0, 0.1) is 5.92 Å². The molecule has 0 fully saturated rings. The first kappa shape index (κ1) is 27.1. The molecule has 3 rings (SSSR count). The fraction of sp³-hybridized carbons (Fsp3) is 0.250. The van der Waals surface area contributed by atoms with Crippen molar-refractivity contribution in [2.75, 3.05) is 0 Å². The topological polar surface area (TPSA) is 119 Å². The number of carbonyl (C=O) groups excluding carboxylic acids is 2. The normalized spacial score (nSPS) is 10.1. The van der Waals surface area contributed by atoms with Gasteiger partial charge in [0.2, 0.25) is 5.91 Å². The van der Waals surface area contributed by atoms with Crippen molar-refractivity contribution in [2.45, 2.75) is 39.8 Å². The Bertz CT molecular complexity index is 1110. The summed E-state index contributed by atoms with van der Waals surface area (Å²) in [5.74, 6) is -0.680. The molecule has 0 aliphatic carbocycles. The molecule has 0 spiro atoms. The molecule has 4 N–H and O–H groups in total. The van der Waals surface area contributed by atoms with Gasteiger partial charge in [-0.2, -0.15) is 0 Å². The molecule has 3 aromatic rings. The zero-order valence-corrected chi connectivity index (χ0v) is 20.1. The highest BCUT2D eigenvalue weighted by Gasteiger charge is 2.13. The average molecular weight is 477 g/mol.